The van der Waals surface area contributed by atoms with E-state index in [1.807, 2.05) is 6.92 Å². The normalized spacial score (nSPS) is 14.9. The zero-order valence-corrected chi connectivity index (χ0v) is 14.0. The highest BCUT2D eigenvalue weighted by Gasteiger charge is 2.21. The molecule has 3 heterocycles. The molecule has 3 rings (SSSR count). The molecule has 0 unspecified atom stereocenters. The van der Waals surface area contributed by atoms with Crippen molar-refractivity contribution in [1.29, 1.82) is 0 Å². The van der Waals surface area contributed by atoms with Gasteiger partial charge in [-0.05, 0) is 12.5 Å². The second-order valence-electron chi connectivity index (χ2n) is 5.62. The molecule has 0 amide bonds. The molecule has 2 aromatic rings. The van der Waals surface area contributed by atoms with Crippen LogP contribution in [0, 0.1) is 0 Å². The average molecular weight is 330 g/mol. The topological polar surface area (TPSA) is 87.2 Å². The van der Waals surface area contributed by atoms with Gasteiger partial charge in [-0.3, -0.25) is 9.78 Å². The summed E-state index contributed by atoms with van der Waals surface area (Å²) in [5, 5.41) is 0. The van der Waals surface area contributed by atoms with Crippen LogP contribution >= 0.6 is 0 Å². The summed E-state index contributed by atoms with van der Waals surface area (Å²) in [6.07, 6.45) is 4.13. The van der Waals surface area contributed by atoms with Crippen molar-refractivity contribution < 1.29 is 4.74 Å². The summed E-state index contributed by atoms with van der Waals surface area (Å²) in [6.45, 7) is 5.35. The molecule has 0 aliphatic carbocycles. The molecule has 1 saturated heterocycles. The summed E-state index contributed by atoms with van der Waals surface area (Å²) in [5.41, 5.74) is 1.33. The van der Waals surface area contributed by atoms with E-state index < -0.39 is 0 Å². The molecule has 0 saturated carbocycles. The van der Waals surface area contributed by atoms with Crippen molar-refractivity contribution in [3.8, 4) is 0 Å². The lowest BCUT2D eigenvalue weighted by atomic mass is 10.2. The number of hydrogen-bond acceptors (Lipinski definition) is 7. The van der Waals surface area contributed by atoms with E-state index in [1.54, 1.807) is 25.6 Å². The van der Waals surface area contributed by atoms with E-state index in [0.29, 0.717) is 30.2 Å². The van der Waals surface area contributed by atoms with Gasteiger partial charge in [0.2, 0.25) is 11.9 Å². The molecule has 8 heteroatoms. The van der Waals surface area contributed by atoms with Crippen LogP contribution in [0.4, 0.5) is 11.9 Å². The summed E-state index contributed by atoms with van der Waals surface area (Å²) in [4.78, 5) is 32.6. The van der Waals surface area contributed by atoms with Crippen molar-refractivity contribution in [2.45, 2.75) is 20.0 Å². The summed E-state index contributed by atoms with van der Waals surface area (Å²) < 4.78 is 5.18. The predicted molar refractivity (Wildman–Crippen MR) is 91.4 cm³/mol. The van der Waals surface area contributed by atoms with Gasteiger partial charge in [0.25, 0.3) is 5.56 Å². The van der Waals surface area contributed by atoms with Gasteiger partial charge in [0.1, 0.15) is 0 Å². The Morgan fingerprint density at radius 2 is 1.83 bits per heavy atom. The van der Waals surface area contributed by atoms with Gasteiger partial charge < -0.3 is 14.5 Å². The molecule has 1 aliphatic rings. The fourth-order valence-electron chi connectivity index (χ4n) is 2.87. The number of nitrogens with zero attached hydrogens (tertiary/aromatic N) is 5. The van der Waals surface area contributed by atoms with Crippen molar-refractivity contribution in [2.24, 2.45) is 0 Å². The first-order valence-electron chi connectivity index (χ1n) is 8.10. The van der Waals surface area contributed by atoms with Crippen LogP contribution in [-0.2, 0) is 17.8 Å². The Hall–Kier alpha value is -2.48. The smallest absolute Gasteiger partial charge is 0.255 e. The Morgan fingerprint density at radius 1 is 1.17 bits per heavy atom. The summed E-state index contributed by atoms with van der Waals surface area (Å²) in [7, 11) is 1.61. The first-order chi connectivity index (χ1) is 11.7. The van der Waals surface area contributed by atoms with E-state index in [2.05, 4.69) is 29.7 Å². The fourth-order valence-corrected chi connectivity index (χ4v) is 2.87. The third kappa shape index (κ3) is 3.38. The Labute approximate surface area is 140 Å². The van der Waals surface area contributed by atoms with Gasteiger partial charge in [-0.15, -0.1) is 0 Å². The largest absolute Gasteiger partial charge is 0.378 e. The van der Waals surface area contributed by atoms with Crippen LogP contribution in [-0.4, -0.2) is 53.2 Å². The van der Waals surface area contributed by atoms with Gasteiger partial charge in [0.05, 0.1) is 12.3 Å². The van der Waals surface area contributed by atoms with Crippen molar-refractivity contribution in [3.05, 3.63) is 40.1 Å². The lowest BCUT2D eigenvalue weighted by Crippen LogP contribution is -2.48. The number of hydrogen-bond donors (Lipinski definition) is 1. The van der Waals surface area contributed by atoms with E-state index in [0.717, 1.165) is 32.1 Å². The SMILES string of the molecule is CCc1c(COC)nc(N2CCN(c3ncccn3)CC2)[nH]c1=O. The molecular formula is C16H22N6O2. The zero-order valence-electron chi connectivity index (χ0n) is 14.0. The third-order valence-electron chi connectivity index (χ3n) is 4.14. The number of H-pyrrole nitrogens is 1. The minimum atomic E-state index is -0.0802. The molecule has 128 valence electrons. The molecule has 1 fully saturated rings. The Bertz CT molecular complexity index is 725. The van der Waals surface area contributed by atoms with Crippen LogP contribution in [0.5, 0.6) is 0 Å². The second kappa shape index (κ2) is 7.39. The van der Waals surface area contributed by atoms with Crippen molar-refractivity contribution in [3.63, 3.8) is 0 Å². The van der Waals surface area contributed by atoms with Crippen LogP contribution in [0.1, 0.15) is 18.2 Å². The molecule has 0 radical (unpaired) electrons. The second-order valence-corrected chi connectivity index (χ2v) is 5.62. The quantitative estimate of drug-likeness (QED) is 0.859. The number of nitrogens with one attached hydrogen (secondary N) is 1. The lowest BCUT2D eigenvalue weighted by molar-refractivity contribution is 0.180. The number of piperazine rings is 1. The molecule has 8 nitrogen and oxygen atoms in total. The number of methoxy groups -OCH3 is 1. The van der Waals surface area contributed by atoms with Crippen LogP contribution in [0.3, 0.4) is 0 Å². The van der Waals surface area contributed by atoms with Crippen LogP contribution in [0.2, 0.25) is 0 Å². The van der Waals surface area contributed by atoms with E-state index in [9.17, 15) is 4.79 Å². The minimum Gasteiger partial charge on any atom is -0.378 e. The standard InChI is InChI=1S/C16H22N6O2/c1-3-12-13(11-24-2)19-16(20-14(12)23)22-9-7-21(8-10-22)15-17-5-4-6-18-15/h4-6H,3,7-11H2,1-2H3,(H,19,20,23). The Morgan fingerprint density at radius 3 is 2.46 bits per heavy atom. The van der Waals surface area contributed by atoms with E-state index in [1.165, 1.54) is 0 Å². The first kappa shape index (κ1) is 16.4. The van der Waals surface area contributed by atoms with E-state index in [-0.39, 0.29) is 5.56 Å². The third-order valence-corrected chi connectivity index (χ3v) is 4.14. The maximum atomic E-state index is 12.3. The number of rotatable bonds is 5. The van der Waals surface area contributed by atoms with Gasteiger partial charge in [-0.25, -0.2) is 15.0 Å². The molecule has 1 aliphatic heterocycles. The average Bonchev–Trinajstić information content (AvgIpc) is 2.63. The highest BCUT2D eigenvalue weighted by atomic mass is 16.5. The van der Waals surface area contributed by atoms with Gasteiger partial charge in [0, 0.05) is 51.2 Å². The molecular weight excluding hydrogens is 308 g/mol. The molecule has 0 aromatic carbocycles. The van der Waals surface area contributed by atoms with Gasteiger partial charge >= 0.3 is 0 Å². The van der Waals surface area contributed by atoms with Crippen molar-refractivity contribution in [1.82, 2.24) is 19.9 Å². The van der Waals surface area contributed by atoms with Crippen molar-refractivity contribution in [2.75, 3.05) is 43.1 Å². The number of anilines is 2. The molecule has 1 N–H and O–H groups in total. The predicted octanol–water partition coefficient (Wildman–Crippen LogP) is 0.595. The molecule has 24 heavy (non-hydrogen) atoms. The zero-order chi connectivity index (χ0) is 16.9. The van der Waals surface area contributed by atoms with E-state index in [4.69, 9.17) is 4.74 Å². The lowest BCUT2D eigenvalue weighted by Gasteiger charge is -2.35. The molecule has 2 aromatic heterocycles. The Balaban J connectivity index is 1.75. The highest BCUT2D eigenvalue weighted by Crippen LogP contribution is 2.15. The molecule has 0 spiro atoms. The van der Waals surface area contributed by atoms with Crippen molar-refractivity contribution >= 4 is 11.9 Å². The number of aromatic nitrogens is 4. The maximum Gasteiger partial charge on any atom is 0.255 e. The summed E-state index contributed by atoms with van der Waals surface area (Å²) in [5.74, 6) is 1.35. The Kier molecular flexibility index (Phi) is 5.05. The number of ether oxygens (including phenoxy) is 1. The van der Waals surface area contributed by atoms with E-state index >= 15 is 0 Å². The molecule has 0 bridgehead atoms. The van der Waals surface area contributed by atoms with Gasteiger partial charge in [-0.2, -0.15) is 0 Å². The summed E-state index contributed by atoms with van der Waals surface area (Å²) in [6, 6.07) is 1.81. The maximum absolute atomic E-state index is 12.3. The minimum absolute atomic E-state index is 0.0802. The first-order valence-corrected chi connectivity index (χ1v) is 8.10. The fraction of sp³-hybridized carbons (Fsp3) is 0.500. The van der Waals surface area contributed by atoms with Gasteiger partial charge in [-0.1, -0.05) is 6.92 Å². The number of aromatic amines is 1. The van der Waals surface area contributed by atoms with Crippen LogP contribution < -0.4 is 15.4 Å². The van der Waals surface area contributed by atoms with Gasteiger partial charge in [0.15, 0.2) is 0 Å². The molecule has 0 atom stereocenters. The highest BCUT2D eigenvalue weighted by molar-refractivity contribution is 5.38. The van der Waals surface area contributed by atoms with Crippen LogP contribution in [0.15, 0.2) is 23.3 Å². The monoisotopic (exact) mass is 330 g/mol. The summed E-state index contributed by atoms with van der Waals surface area (Å²) >= 11 is 0. The van der Waals surface area contributed by atoms with Crippen LogP contribution in [0.25, 0.3) is 0 Å².